The first kappa shape index (κ1) is 15.7. The smallest absolute Gasteiger partial charge is 0.0591 e. The molecule has 2 heterocycles. The van der Waals surface area contributed by atoms with Crippen molar-refractivity contribution >= 4 is 22.7 Å². The maximum atomic E-state index is 5.59. The average molecular weight is 310 g/mol. The van der Waals surface area contributed by atoms with Crippen molar-refractivity contribution in [2.24, 2.45) is 5.92 Å². The highest BCUT2D eigenvalue weighted by atomic mass is 32.1. The molecule has 0 fully saturated rings. The fourth-order valence-electron chi connectivity index (χ4n) is 1.82. The van der Waals surface area contributed by atoms with Crippen LogP contribution in [0, 0.1) is 5.92 Å². The van der Waals surface area contributed by atoms with Crippen molar-refractivity contribution in [1.82, 2.24) is 5.32 Å². The van der Waals surface area contributed by atoms with Crippen LogP contribution in [0.2, 0.25) is 0 Å². The van der Waals surface area contributed by atoms with Gasteiger partial charge in [0.05, 0.1) is 6.61 Å². The van der Waals surface area contributed by atoms with E-state index in [2.05, 4.69) is 48.1 Å². The van der Waals surface area contributed by atoms with Gasteiger partial charge in [0.25, 0.3) is 0 Å². The van der Waals surface area contributed by atoms with Crippen molar-refractivity contribution in [3.05, 3.63) is 33.8 Å². The summed E-state index contributed by atoms with van der Waals surface area (Å²) >= 11 is 3.62. The van der Waals surface area contributed by atoms with Gasteiger partial charge in [0.15, 0.2) is 0 Å². The number of hydrogen-bond donors (Lipinski definition) is 1. The predicted octanol–water partition coefficient (Wildman–Crippen LogP) is 4.63. The highest BCUT2D eigenvalue weighted by molar-refractivity contribution is 7.14. The molecule has 2 aromatic heterocycles. The van der Waals surface area contributed by atoms with E-state index >= 15 is 0 Å². The van der Waals surface area contributed by atoms with Crippen molar-refractivity contribution in [2.45, 2.75) is 26.8 Å². The molecule has 0 aliphatic heterocycles. The number of rotatable bonds is 9. The molecule has 2 nitrogen and oxygen atoms in total. The third kappa shape index (κ3) is 5.37. The Morgan fingerprint density at radius 1 is 1.25 bits per heavy atom. The normalized spacial score (nSPS) is 11.3. The summed E-state index contributed by atoms with van der Waals surface area (Å²) in [5.41, 5.74) is 1.34. The van der Waals surface area contributed by atoms with Crippen LogP contribution in [0.25, 0.3) is 10.4 Å². The Balaban J connectivity index is 1.60. The van der Waals surface area contributed by atoms with Gasteiger partial charge in [-0.15, -0.1) is 22.7 Å². The molecule has 0 bridgehead atoms. The van der Waals surface area contributed by atoms with Crippen LogP contribution in [0.15, 0.2) is 29.0 Å². The van der Waals surface area contributed by atoms with Crippen molar-refractivity contribution < 1.29 is 4.74 Å². The van der Waals surface area contributed by atoms with Crippen molar-refractivity contribution in [1.29, 1.82) is 0 Å². The largest absolute Gasteiger partial charge is 0.380 e. The Bertz CT molecular complexity index is 476. The first-order valence-electron chi connectivity index (χ1n) is 7.15. The Kier molecular flexibility index (Phi) is 6.73. The van der Waals surface area contributed by atoms with E-state index in [0.29, 0.717) is 0 Å². The Morgan fingerprint density at radius 3 is 2.90 bits per heavy atom. The molecule has 0 aliphatic rings. The molecule has 0 aromatic carbocycles. The van der Waals surface area contributed by atoms with Gasteiger partial charge in [0, 0.05) is 35.0 Å². The van der Waals surface area contributed by atoms with Crippen LogP contribution in [0.5, 0.6) is 0 Å². The lowest BCUT2D eigenvalue weighted by Crippen LogP contribution is -2.19. The molecule has 110 valence electrons. The standard InChI is InChI=1S/C16H23NOS2/c1-13(2)5-7-18-8-6-17-11-15-10-14(12-20-15)16-4-3-9-19-16/h3-4,9-10,12-13,17H,5-8,11H2,1-2H3. The molecule has 2 aromatic rings. The maximum Gasteiger partial charge on any atom is 0.0591 e. The van der Waals surface area contributed by atoms with Gasteiger partial charge < -0.3 is 10.1 Å². The van der Waals surface area contributed by atoms with Gasteiger partial charge >= 0.3 is 0 Å². The molecule has 0 spiro atoms. The summed E-state index contributed by atoms with van der Waals surface area (Å²) in [4.78, 5) is 2.74. The van der Waals surface area contributed by atoms with Gasteiger partial charge in [-0.25, -0.2) is 0 Å². The van der Waals surface area contributed by atoms with Crippen molar-refractivity contribution in [2.75, 3.05) is 19.8 Å². The molecular weight excluding hydrogens is 286 g/mol. The van der Waals surface area contributed by atoms with E-state index in [4.69, 9.17) is 4.74 Å². The minimum atomic E-state index is 0.727. The van der Waals surface area contributed by atoms with Crippen molar-refractivity contribution in [3.8, 4) is 10.4 Å². The second-order valence-corrected chi connectivity index (χ2v) is 7.19. The zero-order valence-electron chi connectivity index (χ0n) is 12.2. The average Bonchev–Trinajstić information content (AvgIpc) is 3.08. The zero-order chi connectivity index (χ0) is 14.2. The van der Waals surface area contributed by atoms with Crippen LogP contribution >= 0.6 is 22.7 Å². The minimum Gasteiger partial charge on any atom is -0.380 e. The van der Waals surface area contributed by atoms with Crippen LogP contribution in [0.1, 0.15) is 25.1 Å². The molecule has 0 saturated carbocycles. The second kappa shape index (κ2) is 8.57. The molecule has 2 rings (SSSR count). The predicted molar refractivity (Wildman–Crippen MR) is 89.6 cm³/mol. The summed E-state index contributed by atoms with van der Waals surface area (Å²) in [6.07, 6.45) is 1.15. The molecule has 1 N–H and O–H groups in total. The van der Waals surface area contributed by atoms with E-state index < -0.39 is 0 Å². The second-order valence-electron chi connectivity index (χ2n) is 5.25. The van der Waals surface area contributed by atoms with Crippen LogP contribution in [-0.2, 0) is 11.3 Å². The summed E-state index contributed by atoms with van der Waals surface area (Å²) in [6, 6.07) is 6.56. The highest BCUT2D eigenvalue weighted by Crippen LogP contribution is 2.29. The number of ether oxygens (including phenoxy) is 1. The van der Waals surface area contributed by atoms with Gasteiger partial charge in [-0.1, -0.05) is 19.9 Å². The van der Waals surface area contributed by atoms with E-state index in [0.717, 1.165) is 38.6 Å². The summed E-state index contributed by atoms with van der Waals surface area (Å²) in [7, 11) is 0. The first-order chi connectivity index (χ1) is 9.75. The van der Waals surface area contributed by atoms with E-state index in [1.807, 2.05) is 11.3 Å². The van der Waals surface area contributed by atoms with E-state index in [1.165, 1.54) is 15.3 Å². The molecule has 20 heavy (non-hydrogen) atoms. The molecule has 0 saturated heterocycles. The molecular formula is C16H23NOS2. The zero-order valence-corrected chi connectivity index (χ0v) is 13.9. The van der Waals surface area contributed by atoms with Gasteiger partial charge in [-0.3, -0.25) is 0 Å². The Labute approximate surface area is 129 Å². The summed E-state index contributed by atoms with van der Waals surface area (Å²) in [5.74, 6) is 0.727. The molecule has 0 radical (unpaired) electrons. The minimum absolute atomic E-state index is 0.727. The number of nitrogens with one attached hydrogen (secondary N) is 1. The molecule has 0 aliphatic carbocycles. The van der Waals surface area contributed by atoms with Crippen molar-refractivity contribution in [3.63, 3.8) is 0 Å². The fourth-order valence-corrected chi connectivity index (χ4v) is 3.47. The lowest BCUT2D eigenvalue weighted by Gasteiger charge is -2.06. The SMILES string of the molecule is CC(C)CCOCCNCc1cc(-c2cccs2)cs1. The quantitative estimate of drug-likeness (QED) is 0.682. The van der Waals surface area contributed by atoms with Crippen LogP contribution in [-0.4, -0.2) is 19.8 Å². The Hall–Kier alpha value is -0.680. The summed E-state index contributed by atoms with van der Waals surface area (Å²) in [5, 5.41) is 7.80. The third-order valence-electron chi connectivity index (χ3n) is 3.02. The lowest BCUT2D eigenvalue weighted by atomic mass is 10.1. The van der Waals surface area contributed by atoms with Gasteiger partial charge in [-0.2, -0.15) is 0 Å². The molecule has 0 unspecified atom stereocenters. The van der Waals surface area contributed by atoms with Gasteiger partial charge in [0.1, 0.15) is 0 Å². The summed E-state index contributed by atoms with van der Waals surface area (Å²) in [6.45, 7) is 7.98. The van der Waals surface area contributed by atoms with Crippen LogP contribution < -0.4 is 5.32 Å². The monoisotopic (exact) mass is 309 g/mol. The van der Waals surface area contributed by atoms with Gasteiger partial charge in [0.2, 0.25) is 0 Å². The fraction of sp³-hybridized carbons (Fsp3) is 0.500. The Morgan fingerprint density at radius 2 is 2.15 bits per heavy atom. The van der Waals surface area contributed by atoms with Crippen LogP contribution in [0.3, 0.4) is 0 Å². The topological polar surface area (TPSA) is 21.3 Å². The lowest BCUT2D eigenvalue weighted by molar-refractivity contribution is 0.125. The number of hydrogen-bond acceptors (Lipinski definition) is 4. The third-order valence-corrected chi connectivity index (χ3v) is 4.88. The summed E-state index contributed by atoms with van der Waals surface area (Å²) < 4.78 is 5.59. The van der Waals surface area contributed by atoms with Gasteiger partial charge in [-0.05, 0) is 35.2 Å². The first-order valence-corrected chi connectivity index (χ1v) is 8.91. The van der Waals surface area contributed by atoms with E-state index in [1.54, 1.807) is 11.3 Å². The molecule has 0 atom stereocenters. The molecule has 0 amide bonds. The van der Waals surface area contributed by atoms with E-state index in [-0.39, 0.29) is 0 Å². The van der Waals surface area contributed by atoms with E-state index in [9.17, 15) is 0 Å². The number of thiophene rings is 2. The maximum absolute atomic E-state index is 5.59. The highest BCUT2D eigenvalue weighted by Gasteiger charge is 2.03. The van der Waals surface area contributed by atoms with Crippen LogP contribution in [0.4, 0.5) is 0 Å². The molecule has 4 heteroatoms.